The first-order chi connectivity index (χ1) is 13.9. The molecule has 2 heterocycles. The van der Waals surface area contributed by atoms with Gasteiger partial charge in [-0.05, 0) is 45.0 Å². The number of carbonyl (C=O) groups excluding carboxylic acids is 1. The summed E-state index contributed by atoms with van der Waals surface area (Å²) in [6, 6.07) is 7.74. The molecule has 29 heavy (non-hydrogen) atoms. The first-order valence-electron chi connectivity index (χ1n) is 9.00. The third-order valence-corrected chi connectivity index (χ3v) is 5.65. The molecule has 0 bridgehead atoms. The number of anilines is 1. The number of rotatable bonds is 8. The number of halogens is 1. The molecule has 7 nitrogen and oxygen atoms in total. The van der Waals surface area contributed by atoms with Crippen LogP contribution in [0.25, 0.3) is 0 Å². The van der Waals surface area contributed by atoms with E-state index in [1.54, 1.807) is 12.1 Å². The van der Waals surface area contributed by atoms with Crippen molar-refractivity contribution in [3.63, 3.8) is 0 Å². The highest BCUT2D eigenvalue weighted by atomic mass is 32.2. The molecule has 0 saturated heterocycles. The highest BCUT2D eigenvalue weighted by Crippen LogP contribution is 2.23. The summed E-state index contributed by atoms with van der Waals surface area (Å²) >= 11 is 2.80. The average Bonchev–Trinajstić information content (AvgIpc) is 3.06. The molecule has 10 heteroatoms. The molecule has 0 aliphatic heterocycles. The van der Waals surface area contributed by atoms with E-state index in [2.05, 4.69) is 25.5 Å². The second-order valence-corrected chi connectivity index (χ2v) is 8.10. The molecular formula is C19H21FN6OS2. The van der Waals surface area contributed by atoms with E-state index in [9.17, 15) is 9.18 Å². The number of nitrogens with one attached hydrogen (secondary N) is 1. The molecule has 3 rings (SSSR count). The van der Waals surface area contributed by atoms with Crippen molar-refractivity contribution in [2.45, 2.75) is 43.4 Å². The van der Waals surface area contributed by atoms with Crippen LogP contribution in [0.2, 0.25) is 0 Å². The minimum atomic E-state index is -0.392. The van der Waals surface area contributed by atoms with Gasteiger partial charge in [0.05, 0.1) is 11.5 Å². The zero-order valence-electron chi connectivity index (χ0n) is 16.3. The maximum Gasteiger partial charge on any atom is 0.234 e. The average molecular weight is 433 g/mol. The van der Waals surface area contributed by atoms with Crippen molar-refractivity contribution < 1.29 is 9.18 Å². The molecule has 0 atom stereocenters. The normalized spacial score (nSPS) is 10.9. The van der Waals surface area contributed by atoms with Crippen LogP contribution in [-0.2, 0) is 17.1 Å². The van der Waals surface area contributed by atoms with Gasteiger partial charge >= 0.3 is 0 Å². The summed E-state index contributed by atoms with van der Waals surface area (Å²) in [4.78, 5) is 21.0. The Labute approximate surface area is 176 Å². The molecule has 0 fully saturated rings. The van der Waals surface area contributed by atoms with E-state index in [0.717, 1.165) is 17.2 Å². The first-order valence-corrected chi connectivity index (χ1v) is 11.0. The fourth-order valence-corrected chi connectivity index (χ4v) is 4.34. The lowest BCUT2D eigenvalue weighted by Gasteiger charge is -2.08. The lowest BCUT2D eigenvalue weighted by molar-refractivity contribution is -0.113. The Bertz CT molecular complexity index is 990. The van der Waals surface area contributed by atoms with Crippen LogP contribution in [0.4, 0.5) is 10.1 Å². The molecule has 3 aromatic rings. The lowest BCUT2D eigenvalue weighted by atomic mass is 10.3. The highest BCUT2D eigenvalue weighted by Gasteiger charge is 2.14. The van der Waals surface area contributed by atoms with Crippen LogP contribution < -0.4 is 5.32 Å². The van der Waals surface area contributed by atoms with Crippen LogP contribution in [0, 0.1) is 19.7 Å². The van der Waals surface area contributed by atoms with Crippen molar-refractivity contribution in [1.29, 1.82) is 0 Å². The Hall–Kier alpha value is -2.46. The van der Waals surface area contributed by atoms with Crippen LogP contribution in [0.1, 0.15) is 24.1 Å². The van der Waals surface area contributed by atoms with Gasteiger partial charge in [-0.3, -0.25) is 4.79 Å². The number of benzene rings is 1. The van der Waals surface area contributed by atoms with Crippen LogP contribution >= 0.6 is 23.5 Å². The van der Waals surface area contributed by atoms with Gasteiger partial charge in [0, 0.05) is 23.6 Å². The summed E-state index contributed by atoms with van der Waals surface area (Å²) in [5.74, 6) is 0.914. The van der Waals surface area contributed by atoms with Gasteiger partial charge in [0.1, 0.15) is 11.6 Å². The Kier molecular flexibility index (Phi) is 7.21. The van der Waals surface area contributed by atoms with Crippen molar-refractivity contribution >= 4 is 35.1 Å². The molecule has 1 amide bonds. The smallest absolute Gasteiger partial charge is 0.234 e. The minimum absolute atomic E-state index is 0.155. The van der Waals surface area contributed by atoms with Gasteiger partial charge in [0.2, 0.25) is 5.91 Å². The minimum Gasteiger partial charge on any atom is -0.325 e. The third kappa shape index (κ3) is 6.01. The summed E-state index contributed by atoms with van der Waals surface area (Å²) in [7, 11) is 0. The molecule has 0 spiro atoms. The number of hydrogen-bond acceptors (Lipinski definition) is 7. The Morgan fingerprint density at radius 1 is 1.14 bits per heavy atom. The molecule has 2 aromatic heterocycles. The quantitative estimate of drug-likeness (QED) is 0.427. The Balaban J connectivity index is 1.59. The number of thioether (sulfide) groups is 2. The monoisotopic (exact) mass is 432 g/mol. The second-order valence-electron chi connectivity index (χ2n) is 6.21. The van der Waals surface area contributed by atoms with Crippen LogP contribution in [-0.4, -0.2) is 36.4 Å². The second kappa shape index (κ2) is 9.84. The van der Waals surface area contributed by atoms with Gasteiger partial charge in [0.15, 0.2) is 10.3 Å². The van der Waals surface area contributed by atoms with E-state index in [1.807, 2.05) is 31.4 Å². The third-order valence-electron chi connectivity index (χ3n) is 3.84. The number of nitrogens with zero attached hydrogens (tertiary/aromatic N) is 5. The van der Waals surface area contributed by atoms with Gasteiger partial charge in [-0.1, -0.05) is 29.6 Å². The Morgan fingerprint density at radius 2 is 1.90 bits per heavy atom. The topological polar surface area (TPSA) is 85.6 Å². The molecule has 0 aliphatic carbocycles. The van der Waals surface area contributed by atoms with E-state index >= 15 is 0 Å². The molecule has 0 radical (unpaired) electrons. The summed E-state index contributed by atoms with van der Waals surface area (Å²) < 4.78 is 15.2. The van der Waals surface area contributed by atoms with Crippen molar-refractivity contribution in [1.82, 2.24) is 24.7 Å². The highest BCUT2D eigenvalue weighted by molar-refractivity contribution is 7.99. The van der Waals surface area contributed by atoms with Gasteiger partial charge in [0.25, 0.3) is 0 Å². The van der Waals surface area contributed by atoms with Crippen LogP contribution in [0.15, 0.2) is 40.6 Å². The van der Waals surface area contributed by atoms with Gasteiger partial charge < -0.3 is 9.88 Å². The van der Waals surface area contributed by atoms with E-state index in [4.69, 9.17) is 0 Å². The maximum atomic E-state index is 13.2. The number of amides is 1. The molecule has 0 unspecified atom stereocenters. The SMILES string of the molecule is CCn1c(CSc2nc(C)cc(C)n2)nnc1SCC(=O)Nc1cccc(F)c1. The standard InChI is InChI=1S/C19H21FN6OS2/c1-4-26-16(10-28-18-21-12(2)8-13(3)22-18)24-25-19(26)29-11-17(27)23-15-7-5-6-14(20)9-15/h5-9H,4,10-11H2,1-3H3,(H,23,27). The molecule has 0 saturated carbocycles. The van der Waals surface area contributed by atoms with E-state index < -0.39 is 5.82 Å². The number of aryl methyl sites for hydroxylation is 2. The van der Waals surface area contributed by atoms with Gasteiger partial charge in [-0.2, -0.15) is 0 Å². The van der Waals surface area contributed by atoms with E-state index in [1.165, 1.54) is 35.7 Å². The van der Waals surface area contributed by atoms with Crippen molar-refractivity contribution in [3.8, 4) is 0 Å². The van der Waals surface area contributed by atoms with Crippen molar-refractivity contribution in [2.75, 3.05) is 11.1 Å². The fraction of sp³-hybridized carbons (Fsp3) is 0.316. The summed E-state index contributed by atoms with van der Waals surface area (Å²) in [5, 5.41) is 12.5. The molecule has 152 valence electrons. The predicted octanol–water partition coefficient (Wildman–Crippen LogP) is 3.87. The zero-order chi connectivity index (χ0) is 20.8. The van der Waals surface area contributed by atoms with Crippen LogP contribution in [0.3, 0.4) is 0 Å². The zero-order valence-corrected chi connectivity index (χ0v) is 18.0. The molecule has 1 aromatic carbocycles. The largest absolute Gasteiger partial charge is 0.325 e. The van der Waals surface area contributed by atoms with Crippen LogP contribution in [0.5, 0.6) is 0 Å². The van der Waals surface area contributed by atoms with E-state index in [-0.39, 0.29) is 11.7 Å². The van der Waals surface area contributed by atoms with Crippen molar-refractivity contribution in [3.05, 3.63) is 53.4 Å². The summed E-state index contributed by atoms with van der Waals surface area (Å²) in [6.07, 6.45) is 0. The lowest BCUT2D eigenvalue weighted by Crippen LogP contribution is -2.14. The number of aromatic nitrogens is 5. The predicted molar refractivity (Wildman–Crippen MR) is 113 cm³/mol. The summed E-state index contributed by atoms with van der Waals surface area (Å²) in [6.45, 7) is 6.57. The van der Waals surface area contributed by atoms with E-state index in [0.29, 0.717) is 28.3 Å². The maximum absolute atomic E-state index is 13.2. The summed E-state index contributed by atoms with van der Waals surface area (Å²) in [5.41, 5.74) is 2.29. The molecular weight excluding hydrogens is 411 g/mol. The fourth-order valence-electron chi connectivity index (χ4n) is 2.63. The van der Waals surface area contributed by atoms with Gasteiger partial charge in [-0.15, -0.1) is 10.2 Å². The Morgan fingerprint density at radius 3 is 2.59 bits per heavy atom. The molecule has 0 aliphatic rings. The molecule has 1 N–H and O–H groups in total. The van der Waals surface area contributed by atoms with Crippen molar-refractivity contribution in [2.24, 2.45) is 0 Å². The first kappa shape index (κ1) is 21.3. The van der Waals surface area contributed by atoms with Gasteiger partial charge in [-0.25, -0.2) is 14.4 Å². The number of carbonyl (C=O) groups is 1. The number of hydrogen-bond donors (Lipinski definition) is 1.